The maximum Gasteiger partial charge on any atom is 0.354 e. The summed E-state index contributed by atoms with van der Waals surface area (Å²) in [4.78, 5) is 12.8. The van der Waals surface area contributed by atoms with Crippen molar-refractivity contribution in [1.29, 1.82) is 0 Å². The molecule has 1 aromatic carbocycles. The Labute approximate surface area is 167 Å². The van der Waals surface area contributed by atoms with Gasteiger partial charge in [0.2, 0.25) is 5.88 Å². The van der Waals surface area contributed by atoms with Crippen molar-refractivity contribution in [2.45, 2.75) is 37.1 Å². The van der Waals surface area contributed by atoms with E-state index in [4.69, 9.17) is 14.6 Å². The number of nitrogens with zero attached hydrogens (tertiary/aromatic N) is 3. The predicted molar refractivity (Wildman–Crippen MR) is 104 cm³/mol. The zero-order valence-electron chi connectivity index (χ0n) is 15.8. The molecular formula is C19H21N5O4S. The molecule has 0 saturated carbocycles. The Kier molecular flexibility index (Phi) is 3.49. The summed E-state index contributed by atoms with van der Waals surface area (Å²) in [5.41, 5.74) is 5.63. The lowest BCUT2D eigenvalue weighted by Crippen LogP contribution is -2.52. The summed E-state index contributed by atoms with van der Waals surface area (Å²) in [6.45, 7) is 2.26. The minimum Gasteiger partial charge on any atom is -0.476 e. The molecule has 29 heavy (non-hydrogen) atoms. The third-order valence-electron chi connectivity index (χ3n) is 6.36. The van der Waals surface area contributed by atoms with Crippen molar-refractivity contribution >= 4 is 21.6 Å². The first-order chi connectivity index (χ1) is 13.9. The van der Waals surface area contributed by atoms with Crippen LogP contribution >= 0.6 is 0 Å². The number of rotatable bonds is 2. The molecule has 0 bridgehead atoms. The van der Waals surface area contributed by atoms with Crippen LogP contribution in [0.4, 0.5) is 10.5 Å². The summed E-state index contributed by atoms with van der Waals surface area (Å²) < 4.78 is 29.6. The molecule has 1 fully saturated rings. The van der Waals surface area contributed by atoms with Crippen LogP contribution in [0.5, 0.6) is 5.88 Å². The molecule has 4 aliphatic rings. The molecule has 9 nitrogen and oxygen atoms in total. The Morgan fingerprint density at radius 3 is 2.52 bits per heavy atom. The van der Waals surface area contributed by atoms with Crippen molar-refractivity contribution < 1.29 is 18.5 Å². The van der Waals surface area contributed by atoms with Crippen LogP contribution in [0.3, 0.4) is 0 Å². The highest BCUT2D eigenvalue weighted by Gasteiger charge is 2.44. The molecule has 6 rings (SSSR count). The number of benzene rings is 1. The van der Waals surface area contributed by atoms with Gasteiger partial charge in [0.1, 0.15) is 11.5 Å². The monoisotopic (exact) mass is 415 g/mol. The molecule has 1 aromatic heterocycles. The van der Waals surface area contributed by atoms with Crippen LogP contribution in [0.2, 0.25) is 0 Å². The summed E-state index contributed by atoms with van der Waals surface area (Å²) in [6, 6.07) is 1.53. The maximum atomic E-state index is 13.1. The van der Waals surface area contributed by atoms with Gasteiger partial charge < -0.3 is 14.8 Å². The fraction of sp³-hybridized carbons (Fsp3) is 0.474. The number of anilines is 1. The Hall–Kier alpha value is -2.43. The molecule has 1 unspecified atom stereocenters. The van der Waals surface area contributed by atoms with Gasteiger partial charge in [-0.15, -0.1) is 4.36 Å². The molecule has 1 spiro atoms. The number of hydrogen-bond donors (Lipinski definition) is 2. The molecule has 3 heterocycles. The lowest BCUT2D eigenvalue weighted by atomic mass is 9.76. The minimum absolute atomic E-state index is 0.0860. The molecule has 10 heteroatoms. The molecule has 2 amide bonds. The summed E-state index contributed by atoms with van der Waals surface area (Å²) in [6.07, 6.45) is 5.32. The van der Waals surface area contributed by atoms with Crippen molar-refractivity contribution in [3.05, 3.63) is 34.5 Å². The minimum atomic E-state index is -3.49. The van der Waals surface area contributed by atoms with Crippen LogP contribution in [0.25, 0.3) is 0 Å². The third-order valence-corrected chi connectivity index (χ3v) is 7.71. The van der Waals surface area contributed by atoms with Crippen LogP contribution in [0.1, 0.15) is 22.3 Å². The Bertz CT molecular complexity index is 1160. The molecule has 2 aliphatic carbocycles. The van der Waals surface area contributed by atoms with Crippen molar-refractivity contribution in [3.8, 4) is 5.88 Å². The zero-order chi connectivity index (χ0) is 19.8. The smallest absolute Gasteiger partial charge is 0.354 e. The fourth-order valence-electron chi connectivity index (χ4n) is 4.49. The van der Waals surface area contributed by atoms with Crippen LogP contribution < -0.4 is 15.2 Å². The molecule has 0 radical (unpaired) electrons. The first-order valence-electron chi connectivity index (χ1n) is 9.73. The number of carbonyl (C=O) groups excluding carboxylic acids is 1. The van der Waals surface area contributed by atoms with Crippen LogP contribution in [-0.2, 0) is 46.9 Å². The molecule has 152 valence electrons. The summed E-state index contributed by atoms with van der Waals surface area (Å²) in [7, 11) is -3.49. The second kappa shape index (κ2) is 5.80. The van der Waals surface area contributed by atoms with Gasteiger partial charge in [-0.25, -0.2) is 18.8 Å². The average Bonchev–Trinajstić information content (AvgIpc) is 3.00. The van der Waals surface area contributed by atoms with Gasteiger partial charge in [-0.05, 0) is 47.9 Å². The fourth-order valence-corrected chi connectivity index (χ4v) is 5.49. The number of aromatic nitrogens is 2. The summed E-state index contributed by atoms with van der Waals surface area (Å²) in [5.74, 6) is 0.319. The summed E-state index contributed by atoms with van der Waals surface area (Å²) >= 11 is 0. The zero-order valence-corrected chi connectivity index (χ0v) is 16.6. The number of amides is 2. The molecule has 1 atom stereocenters. The van der Waals surface area contributed by atoms with E-state index in [9.17, 15) is 9.00 Å². The van der Waals surface area contributed by atoms with Crippen molar-refractivity contribution in [1.82, 2.24) is 9.78 Å². The van der Waals surface area contributed by atoms with Crippen molar-refractivity contribution in [2.24, 2.45) is 14.9 Å². The number of carbonyl (C=O) groups is 1. The van der Waals surface area contributed by atoms with Crippen LogP contribution in [0, 0.1) is 5.41 Å². The van der Waals surface area contributed by atoms with Gasteiger partial charge in [-0.1, -0.05) is 6.07 Å². The molecule has 2 aliphatic heterocycles. The maximum absolute atomic E-state index is 13.1. The van der Waals surface area contributed by atoms with Gasteiger partial charge in [0, 0.05) is 5.69 Å². The topological polar surface area (TPSA) is 121 Å². The van der Waals surface area contributed by atoms with E-state index in [0.29, 0.717) is 32.2 Å². The van der Waals surface area contributed by atoms with Crippen LogP contribution in [-0.4, -0.2) is 39.8 Å². The van der Waals surface area contributed by atoms with E-state index in [-0.39, 0.29) is 10.3 Å². The number of ether oxygens (including phenoxy) is 2. The molecule has 3 N–H and O–H groups in total. The average molecular weight is 415 g/mol. The van der Waals surface area contributed by atoms with Gasteiger partial charge in [-0.3, -0.25) is 0 Å². The van der Waals surface area contributed by atoms with Gasteiger partial charge in [0.25, 0.3) is 0 Å². The van der Waals surface area contributed by atoms with Gasteiger partial charge in [0.05, 0.1) is 31.4 Å². The number of urea groups is 1. The Morgan fingerprint density at radius 1 is 1.21 bits per heavy atom. The Balaban J connectivity index is 1.29. The normalized spacial score (nSPS) is 21.8. The third kappa shape index (κ3) is 2.55. The number of aryl methyl sites for hydroxylation is 2. The van der Waals surface area contributed by atoms with E-state index in [1.807, 2.05) is 0 Å². The lowest BCUT2D eigenvalue weighted by Gasteiger charge is -2.43. The largest absolute Gasteiger partial charge is 0.476 e. The lowest BCUT2D eigenvalue weighted by molar-refractivity contribution is -0.154. The van der Waals surface area contributed by atoms with Gasteiger partial charge >= 0.3 is 6.03 Å². The van der Waals surface area contributed by atoms with Gasteiger partial charge in [0.15, 0.2) is 9.92 Å². The van der Waals surface area contributed by atoms with Gasteiger partial charge in [-0.2, -0.15) is 5.10 Å². The molecular weight excluding hydrogens is 394 g/mol. The second-order valence-corrected chi connectivity index (χ2v) is 10.1. The number of nitrogens with one attached hydrogen (secondary N) is 1. The summed E-state index contributed by atoms with van der Waals surface area (Å²) in [5, 5.41) is 13.1. The number of fused-ring (bicyclic) bond motifs is 3. The highest BCUT2D eigenvalue weighted by Crippen LogP contribution is 2.41. The molecule has 2 aromatic rings. The SMILES string of the molecule is NS(=O)(=NC(=O)Nc1c2c(cc3c1CC3)CC2)c1cnn2c1OCC1(COC1)C2. The van der Waals surface area contributed by atoms with E-state index in [1.165, 1.54) is 17.3 Å². The van der Waals surface area contributed by atoms with Crippen molar-refractivity contribution in [2.75, 3.05) is 25.1 Å². The van der Waals surface area contributed by atoms with E-state index in [0.717, 1.165) is 42.5 Å². The van der Waals surface area contributed by atoms with E-state index < -0.39 is 15.9 Å². The predicted octanol–water partition coefficient (Wildman–Crippen LogP) is 1.42. The molecule has 1 saturated heterocycles. The second-order valence-electron chi connectivity index (χ2n) is 8.37. The standard InChI is InChI=1S/C19H21N5O4S/c20-29(26,15-6-21-24-7-19(8-27-9-19)10-28-17(15)24)23-18(25)22-16-13-3-1-11(13)5-12-2-4-14(12)16/h5-6H,1-4,7-10H2,(H3,20,22,23,25,26). The highest BCUT2D eigenvalue weighted by atomic mass is 32.2. The van der Waals surface area contributed by atoms with Crippen LogP contribution in [0.15, 0.2) is 21.5 Å². The number of nitrogens with two attached hydrogens (primary N) is 1. The van der Waals surface area contributed by atoms with Crippen molar-refractivity contribution in [3.63, 3.8) is 0 Å². The Morgan fingerprint density at radius 2 is 1.93 bits per heavy atom. The van der Waals surface area contributed by atoms with E-state index in [1.54, 1.807) is 4.68 Å². The quantitative estimate of drug-likeness (QED) is 0.768. The first kappa shape index (κ1) is 17.4. The number of hydrogen-bond acceptors (Lipinski definition) is 5. The highest BCUT2D eigenvalue weighted by molar-refractivity contribution is 7.91. The first-order valence-corrected chi connectivity index (χ1v) is 11.3. The van der Waals surface area contributed by atoms with E-state index >= 15 is 0 Å². The van der Waals surface area contributed by atoms with E-state index in [2.05, 4.69) is 20.8 Å².